The van der Waals surface area contributed by atoms with Crippen molar-refractivity contribution >= 4 is 5.78 Å². The number of rotatable bonds is 0. The molecule has 0 atom stereocenters. The molecule has 4 aliphatic rings. The van der Waals surface area contributed by atoms with Crippen LogP contribution >= 0.6 is 0 Å². The zero-order chi connectivity index (χ0) is 15.5. The fraction of sp³-hybridized carbons (Fsp3) is 0.938. The van der Waals surface area contributed by atoms with Crippen LogP contribution < -0.4 is 0 Å². The molecular formula is C16H26O6. The molecule has 0 radical (unpaired) electrons. The van der Waals surface area contributed by atoms with Gasteiger partial charge in [0.05, 0.1) is 32.5 Å². The van der Waals surface area contributed by atoms with Gasteiger partial charge in [0.2, 0.25) is 0 Å². The van der Waals surface area contributed by atoms with Crippen molar-refractivity contribution in [1.82, 2.24) is 0 Å². The zero-order valence-corrected chi connectivity index (χ0v) is 13.1. The van der Waals surface area contributed by atoms with Gasteiger partial charge in [0.25, 0.3) is 0 Å². The summed E-state index contributed by atoms with van der Waals surface area (Å²) in [6.07, 6.45) is 5.98. The molecule has 0 amide bonds. The molecule has 4 fully saturated rings. The van der Waals surface area contributed by atoms with Crippen molar-refractivity contribution in [3.8, 4) is 0 Å². The van der Waals surface area contributed by atoms with E-state index in [2.05, 4.69) is 0 Å². The predicted molar refractivity (Wildman–Crippen MR) is 77.2 cm³/mol. The van der Waals surface area contributed by atoms with Crippen molar-refractivity contribution in [1.29, 1.82) is 0 Å². The van der Waals surface area contributed by atoms with E-state index >= 15 is 0 Å². The quantitative estimate of drug-likeness (QED) is 0.731. The Labute approximate surface area is 131 Å². The summed E-state index contributed by atoms with van der Waals surface area (Å²) in [7, 11) is 0. The van der Waals surface area contributed by atoms with Crippen molar-refractivity contribution in [2.24, 2.45) is 0 Å². The Kier molecular flexibility index (Phi) is 5.14. The third kappa shape index (κ3) is 3.86. The van der Waals surface area contributed by atoms with Crippen LogP contribution in [-0.2, 0) is 23.7 Å². The fourth-order valence-electron chi connectivity index (χ4n) is 3.52. The van der Waals surface area contributed by atoms with Gasteiger partial charge in [-0.05, 0) is 12.8 Å². The molecule has 2 saturated carbocycles. The Hall–Kier alpha value is -0.530. The van der Waals surface area contributed by atoms with Gasteiger partial charge in [0, 0.05) is 38.5 Å². The topological polar surface area (TPSA) is 74.2 Å². The lowest BCUT2D eigenvalue weighted by molar-refractivity contribution is -0.187. The monoisotopic (exact) mass is 314 g/mol. The Morgan fingerprint density at radius 1 is 0.773 bits per heavy atom. The Bertz CT molecular complexity index is 362. The summed E-state index contributed by atoms with van der Waals surface area (Å²) in [5, 5.41) is 9.24. The zero-order valence-electron chi connectivity index (χ0n) is 13.1. The molecule has 2 aliphatic heterocycles. The van der Waals surface area contributed by atoms with E-state index in [-0.39, 0.29) is 17.7 Å². The second-order valence-electron chi connectivity index (χ2n) is 6.49. The second-order valence-corrected chi connectivity index (χ2v) is 6.49. The van der Waals surface area contributed by atoms with Gasteiger partial charge < -0.3 is 24.1 Å². The number of aliphatic hydroxyl groups excluding tert-OH is 1. The molecule has 4 rings (SSSR count). The third-order valence-electron chi connectivity index (χ3n) is 4.91. The smallest absolute Gasteiger partial charge is 0.169 e. The van der Waals surface area contributed by atoms with Crippen molar-refractivity contribution < 1.29 is 28.8 Å². The number of carbonyl (C=O) groups is 1. The van der Waals surface area contributed by atoms with Crippen LogP contribution in [-0.4, -0.2) is 55.0 Å². The number of aliphatic hydroxyl groups is 1. The number of Topliss-reactive ketones (excluding diaryl/α,β-unsaturated/α-hetero) is 1. The van der Waals surface area contributed by atoms with Gasteiger partial charge >= 0.3 is 0 Å². The van der Waals surface area contributed by atoms with Gasteiger partial charge in [-0.2, -0.15) is 0 Å². The van der Waals surface area contributed by atoms with E-state index in [4.69, 9.17) is 18.9 Å². The Morgan fingerprint density at radius 3 is 1.64 bits per heavy atom. The highest BCUT2D eigenvalue weighted by molar-refractivity contribution is 5.79. The number of hydrogen-bond acceptors (Lipinski definition) is 6. The maximum atomic E-state index is 10.9. The number of ketones is 1. The highest BCUT2D eigenvalue weighted by atomic mass is 16.7. The van der Waals surface area contributed by atoms with Crippen LogP contribution in [0.4, 0.5) is 0 Å². The third-order valence-corrected chi connectivity index (χ3v) is 4.91. The lowest BCUT2D eigenvalue weighted by Gasteiger charge is -2.33. The van der Waals surface area contributed by atoms with Crippen LogP contribution in [0.5, 0.6) is 0 Å². The fourth-order valence-corrected chi connectivity index (χ4v) is 3.52. The molecule has 22 heavy (non-hydrogen) atoms. The standard InChI is InChI=1S/C8H14O3.C8H12O3/c2*9-7-1-3-8(4-2-7)10-5-6-11-8/h7,9H,1-6H2;1-6H2. The number of carbonyl (C=O) groups excluding carboxylic acids is 1. The average molecular weight is 314 g/mol. The molecule has 2 spiro atoms. The molecule has 2 aliphatic carbocycles. The van der Waals surface area contributed by atoms with Crippen LogP contribution in [0, 0.1) is 0 Å². The molecule has 0 aromatic heterocycles. The highest BCUT2D eigenvalue weighted by Gasteiger charge is 2.40. The first-order valence-electron chi connectivity index (χ1n) is 8.37. The summed E-state index contributed by atoms with van der Waals surface area (Å²) in [6, 6.07) is 0. The van der Waals surface area contributed by atoms with E-state index < -0.39 is 0 Å². The van der Waals surface area contributed by atoms with Gasteiger partial charge in [-0.15, -0.1) is 0 Å². The summed E-state index contributed by atoms with van der Waals surface area (Å²) < 4.78 is 21.9. The van der Waals surface area contributed by atoms with Gasteiger partial charge in [0.15, 0.2) is 11.6 Å². The van der Waals surface area contributed by atoms with Gasteiger partial charge in [-0.25, -0.2) is 0 Å². The molecule has 126 valence electrons. The van der Waals surface area contributed by atoms with E-state index in [1.54, 1.807) is 0 Å². The normalized spacial score (nSPS) is 30.5. The van der Waals surface area contributed by atoms with Crippen LogP contribution in [0.1, 0.15) is 51.4 Å². The first-order chi connectivity index (χ1) is 10.6. The number of hydrogen-bond donors (Lipinski definition) is 1. The van der Waals surface area contributed by atoms with Crippen molar-refractivity contribution in [2.75, 3.05) is 26.4 Å². The minimum absolute atomic E-state index is 0.131. The first-order valence-corrected chi connectivity index (χ1v) is 8.37. The summed E-state index contributed by atoms with van der Waals surface area (Å²) in [6.45, 7) is 2.81. The molecular weight excluding hydrogens is 288 g/mol. The van der Waals surface area contributed by atoms with E-state index in [1.165, 1.54) is 0 Å². The van der Waals surface area contributed by atoms with Crippen molar-refractivity contribution in [3.63, 3.8) is 0 Å². The lowest BCUT2D eigenvalue weighted by atomic mass is 9.92. The molecule has 1 N–H and O–H groups in total. The number of ether oxygens (including phenoxy) is 4. The largest absolute Gasteiger partial charge is 0.393 e. The average Bonchev–Trinajstić information content (AvgIpc) is 3.18. The van der Waals surface area contributed by atoms with E-state index in [0.717, 1.165) is 51.7 Å². The van der Waals surface area contributed by atoms with E-state index in [1.807, 2.05) is 0 Å². The van der Waals surface area contributed by atoms with Gasteiger partial charge in [-0.3, -0.25) is 4.79 Å². The maximum absolute atomic E-state index is 10.9. The summed E-state index contributed by atoms with van der Waals surface area (Å²) in [5.74, 6) is -0.331. The summed E-state index contributed by atoms with van der Waals surface area (Å²) in [5.41, 5.74) is 0. The van der Waals surface area contributed by atoms with Crippen molar-refractivity contribution in [3.05, 3.63) is 0 Å². The predicted octanol–water partition coefficient (Wildman–Crippen LogP) is 1.54. The molecule has 0 aromatic carbocycles. The molecule has 0 aromatic rings. The molecule has 6 nitrogen and oxygen atoms in total. The van der Waals surface area contributed by atoms with Gasteiger partial charge in [-0.1, -0.05) is 0 Å². The van der Waals surface area contributed by atoms with Crippen LogP contribution in [0.25, 0.3) is 0 Å². The van der Waals surface area contributed by atoms with Crippen LogP contribution in [0.2, 0.25) is 0 Å². The van der Waals surface area contributed by atoms with Crippen LogP contribution in [0.15, 0.2) is 0 Å². The highest BCUT2D eigenvalue weighted by Crippen LogP contribution is 2.35. The first kappa shape index (κ1) is 16.3. The Morgan fingerprint density at radius 2 is 1.18 bits per heavy atom. The summed E-state index contributed by atoms with van der Waals surface area (Å²) in [4.78, 5) is 10.9. The molecule has 0 bridgehead atoms. The van der Waals surface area contributed by atoms with Crippen LogP contribution in [0.3, 0.4) is 0 Å². The van der Waals surface area contributed by atoms with Gasteiger partial charge in [0.1, 0.15) is 5.78 Å². The Balaban J connectivity index is 0.000000131. The second kappa shape index (κ2) is 6.93. The summed E-state index contributed by atoms with van der Waals surface area (Å²) >= 11 is 0. The van der Waals surface area contributed by atoms with E-state index in [9.17, 15) is 9.90 Å². The maximum Gasteiger partial charge on any atom is 0.169 e. The van der Waals surface area contributed by atoms with Crippen molar-refractivity contribution in [2.45, 2.75) is 69.0 Å². The molecule has 2 heterocycles. The SMILES string of the molecule is O=C1CCC2(CC1)OCCO2.OC1CCC2(CC1)OCCO2. The minimum atomic E-state index is -0.367. The molecule has 0 unspecified atom stereocenters. The molecule has 6 heteroatoms. The minimum Gasteiger partial charge on any atom is -0.393 e. The molecule has 2 saturated heterocycles. The van der Waals surface area contributed by atoms with E-state index in [0.29, 0.717) is 31.8 Å². The lowest BCUT2D eigenvalue weighted by Crippen LogP contribution is -2.36.